The summed E-state index contributed by atoms with van der Waals surface area (Å²) in [7, 11) is -7.75. The SMILES string of the molecule is CCn1cnnc1-c1cccc(NS(=O)(=O)c2cccc(S(=O)(=O)NC3CC3)c2)c1. The maximum Gasteiger partial charge on any atom is 0.261 e. The summed E-state index contributed by atoms with van der Waals surface area (Å²) in [5, 5.41) is 7.97. The van der Waals surface area contributed by atoms with Crippen molar-refractivity contribution in [3.63, 3.8) is 0 Å². The van der Waals surface area contributed by atoms with Gasteiger partial charge in [-0.15, -0.1) is 10.2 Å². The van der Waals surface area contributed by atoms with E-state index < -0.39 is 20.0 Å². The van der Waals surface area contributed by atoms with Gasteiger partial charge in [-0.2, -0.15) is 0 Å². The van der Waals surface area contributed by atoms with Crippen LogP contribution < -0.4 is 9.44 Å². The Balaban J connectivity index is 1.61. The molecule has 0 atom stereocenters. The lowest BCUT2D eigenvalue weighted by Gasteiger charge is -2.11. The molecule has 0 radical (unpaired) electrons. The van der Waals surface area contributed by atoms with E-state index >= 15 is 0 Å². The van der Waals surface area contributed by atoms with Gasteiger partial charge in [0.05, 0.1) is 9.79 Å². The van der Waals surface area contributed by atoms with Crippen molar-refractivity contribution in [2.24, 2.45) is 0 Å². The fourth-order valence-electron chi connectivity index (χ4n) is 2.94. The second-order valence-corrected chi connectivity index (χ2v) is 10.4. The normalized spacial score (nSPS) is 14.6. The van der Waals surface area contributed by atoms with Crippen molar-refractivity contribution in [3.8, 4) is 11.4 Å². The van der Waals surface area contributed by atoms with Crippen LogP contribution in [0.5, 0.6) is 0 Å². The van der Waals surface area contributed by atoms with E-state index in [1.54, 1.807) is 24.5 Å². The van der Waals surface area contributed by atoms with Gasteiger partial charge in [-0.25, -0.2) is 21.6 Å². The molecule has 1 aliphatic carbocycles. The molecule has 30 heavy (non-hydrogen) atoms. The minimum absolute atomic E-state index is 0.0682. The Morgan fingerprint density at radius 2 is 1.70 bits per heavy atom. The summed E-state index contributed by atoms with van der Waals surface area (Å²) in [6.45, 7) is 2.63. The fraction of sp³-hybridized carbons (Fsp3) is 0.263. The molecule has 1 saturated carbocycles. The smallest absolute Gasteiger partial charge is 0.261 e. The van der Waals surface area contributed by atoms with Gasteiger partial charge in [0.1, 0.15) is 6.33 Å². The lowest BCUT2D eigenvalue weighted by atomic mass is 10.2. The molecule has 1 aliphatic rings. The molecular weight excluding hydrogens is 426 g/mol. The number of hydrogen-bond donors (Lipinski definition) is 2. The zero-order valence-electron chi connectivity index (χ0n) is 16.2. The monoisotopic (exact) mass is 447 g/mol. The Morgan fingerprint density at radius 1 is 1.00 bits per heavy atom. The lowest BCUT2D eigenvalue weighted by molar-refractivity contribution is 0.580. The molecule has 0 saturated heterocycles. The highest BCUT2D eigenvalue weighted by atomic mass is 32.2. The summed E-state index contributed by atoms with van der Waals surface area (Å²) in [5.74, 6) is 0.623. The predicted octanol–water partition coefficient (Wildman–Crippen LogP) is 2.21. The van der Waals surface area contributed by atoms with Crippen LogP contribution in [-0.4, -0.2) is 37.6 Å². The molecule has 1 fully saturated rings. The number of hydrogen-bond acceptors (Lipinski definition) is 6. The minimum Gasteiger partial charge on any atom is -0.314 e. The van der Waals surface area contributed by atoms with Gasteiger partial charge in [0.2, 0.25) is 10.0 Å². The van der Waals surface area contributed by atoms with Gasteiger partial charge in [-0.05, 0) is 50.1 Å². The van der Waals surface area contributed by atoms with Gasteiger partial charge in [0.15, 0.2) is 5.82 Å². The molecule has 11 heteroatoms. The molecule has 2 aromatic carbocycles. The van der Waals surface area contributed by atoms with Crippen molar-refractivity contribution in [1.82, 2.24) is 19.5 Å². The standard InChI is InChI=1S/C19H21N5O4S2/c1-2-24-13-20-21-19(24)14-5-3-6-16(11-14)23-30(27,28)18-8-4-7-17(12-18)29(25,26)22-15-9-10-15/h3-8,11-13,15,22-23H,2,9-10H2,1H3. The Labute approximate surface area is 175 Å². The summed E-state index contributed by atoms with van der Waals surface area (Å²) in [6, 6.07) is 12.0. The maximum atomic E-state index is 12.9. The third-order valence-electron chi connectivity index (χ3n) is 4.65. The second kappa shape index (κ2) is 7.82. The highest BCUT2D eigenvalue weighted by Gasteiger charge is 2.28. The van der Waals surface area contributed by atoms with Crippen LogP contribution in [0.1, 0.15) is 19.8 Å². The number of aryl methyl sites for hydroxylation is 1. The fourth-order valence-corrected chi connectivity index (χ4v) is 5.46. The molecule has 0 unspecified atom stereocenters. The highest BCUT2D eigenvalue weighted by Crippen LogP contribution is 2.25. The van der Waals surface area contributed by atoms with Crippen molar-refractivity contribution >= 4 is 25.7 Å². The molecule has 0 bridgehead atoms. The zero-order valence-corrected chi connectivity index (χ0v) is 17.8. The van der Waals surface area contributed by atoms with Crippen molar-refractivity contribution in [2.75, 3.05) is 4.72 Å². The van der Waals surface area contributed by atoms with Crippen LogP contribution in [0.4, 0.5) is 5.69 Å². The average molecular weight is 448 g/mol. The number of aromatic nitrogens is 3. The van der Waals surface area contributed by atoms with Crippen molar-refractivity contribution in [1.29, 1.82) is 0 Å². The molecular formula is C19H21N5O4S2. The van der Waals surface area contributed by atoms with Gasteiger partial charge < -0.3 is 4.57 Å². The van der Waals surface area contributed by atoms with Crippen LogP contribution >= 0.6 is 0 Å². The summed E-state index contributed by atoms with van der Waals surface area (Å²) < 4.78 is 57.5. The second-order valence-electron chi connectivity index (χ2n) is 7.00. The lowest BCUT2D eigenvalue weighted by Crippen LogP contribution is -2.26. The van der Waals surface area contributed by atoms with Crippen molar-refractivity contribution < 1.29 is 16.8 Å². The molecule has 0 amide bonds. The van der Waals surface area contributed by atoms with E-state index in [-0.39, 0.29) is 15.8 Å². The number of sulfonamides is 2. The highest BCUT2D eigenvalue weighted by molar-refractivity contribution is 7.93. The van der Waals surface area contributed by atoms with Crippen LogP contribution in [0.2, 0.25) is 0 Å². The third-order valence-corrected chi connectivity index (χ3v) is 7.55. The first-order valence-electron chi connectivity index (χ1n) is 9.42. The number of rotatable bonds is 8. The van der Waals surface area contributed by atoms with Crippen LogP contribution in [0, 0.1) is 0 Å². The summed E-state index contributed by atoms with van der Waals surface area (Å²) in [4.78, 5) is -0.217. The molecule has 4 rings (SSSR count). The molecule has 1 heterocycles. The Bertz CT molecular complexity index is 1280. The average Bonchev–Trinajstić information content (AvgIpc) is 3.39. The van der Waals surface area contributed by atoms with Crippen LogP contribution in [0.3, 0.4) is 0 Å². The van der Waals surface area contributed by atoms with Gasteiger partial charge in [-0.3, -0.25) is 4.72 Å². The number of benzene rings is 2. The quantitative estimate of drug-likeness (QED) is 0.546. The molecule has 0 spiro atoms. The Hall–Kier alpha value is -2.76. The maximum absolute atomic E-state index is 12.9. The van der Waals surface area contributed by atoms with E-state index in [9.17, 15) is 16.8 Å². The van der Waals surface area contributed by atoms with E-state index in [0.717, 1.165) is 18.9 Å². The predicted molar refractivity (Wildman–Crippen MR) is 112 cm³/mol. The number of nitrogens with zero attached hydrogens (tertiary/aromatic N) is 3. The van der Waals surface area contributed by atoms with E-state index in [0.29, 0.717) is 23.6 Å². The van der Waals surface area contributed by atoms with Crippen LogP contribution in [0.15, 0.2) is 64.6 Å². The van der Waals surface area contributed by atoms with E-state index in [1.165, 1.54) is 18.2 Å². The first-order valence-corrected chi connectivity index (χ1v) is 12.4. The molecule has 3 aromatic rings. The summed E-state index contributed by atoms with van der Waals surface area (Å²) in [5.41, 5.74) is 1.04. The molecule has 1 aromatic heterocycles. The van der Waals surface area contributed by atoms with Gasteiger partial charge in [0.25, 0.3) is 10.0 Å². The summed E-state index contributed by atoms with van der Waals surface area (Å²) >= 11 is 0. The molecule has 9 nitrogen and oxygen atoms in total. The molecule has 158 valence electrons. The van der Waals surface area contributed by atoms with E-state index in [1.807, 2.05) is 17.6 Å². The van der Waals surface area contributed by atoms with Gasteiger partial charge in [-0.1, -0.05) is 18.2 Å². The number of nitrogens with one attached hydrogen (secondary N) is 2. The van der Waals surface area contributed by atoms with Crippen molar-refractivity contribution in [2.45, 2.75) is 42.1 Å². The Morgan fingerprint density at radius 3 is 2.40 bits per heavy atom. The topological polar surface area (TPSA) is 123 Å². The van der Waals surface area contributed by atoms with Crippen LogP contribution in [-0.2, 0) is 26.6 Å². The third kappa shape index (κ3) is 4.37. The van der Waals surface area contributed by atoms with E-state index in [2.05, 4.69) is 19.6 Å². The van der Waals surface area contributed by atoms with Gasteiger partial charge >= 0.3 is 0 Å². The molecule has 2 N–H and O–H groups in total. The largest absolute Gasteiger partial charge is 0.314 e. The first-order chi connectivity index (χ1) is 14.3. The first kappa shape index (κ1) is 20.5. The summed E-state index contributed by atoms with van der Waals surface area (Å²) in [6.07, 6.45) is 3.19. The number of anilines is 1. The van der Waals surface area contributed by atoms with Crippen LogP contribution in [0.25, 0.3) is 11.4 Å². The molecule has 0 aliphatic heterocycles. The van der Waals surface area contributed by atoms with Crippen molar-refractivity contribution in [3.05, 3.63) is 54.9 Å². The minimum atomic E-state index is -4.00. The van der Waals surface area contributed by atoms with E-state index in [4.69, 9.17) is 0 Å². The van der Waals surface area contributed by atoms with Gasteiger partial charge in [0, 0.05) is 23.8 Å². The zero-order chi connectivity index (χ0) is 21.4. The Kier molecular flexibility index (Phi) is 5.35.